The van der Waals surface area contributed by atoms with E-state index >= 15 is 0 Å². The highest BCUT2D eigenvalue weighted by molar-refractivity contribution is 5.99. The molecule has 1 amide bonds. The van der Waals surface area contributed by atoms with E-state index in [0.717, 1.165) is 17.5 Å². The minimum atomic E-state index is 0.0442. The maximum Gasteiger partial charge on any atom is 0.252 e. The van der Waals surface area contributed by atoms with Crippen LogP contribution in [0, 0.1) is 6.92 Å². The Labute approximate surface area is 107 Å². The Balaban J connectivity index is 1.87. The molecule has 0 saturated carbocycles. The Morgan fingerprint density at radius 1 is 1.06 bits per heavy atom. The maximum atomic E-state index is 11.8. The first kappa shape index (κ1) is 11.0. The van der Waals surface area contributed by atoms with E-state index in [9.17, 15) is 4.79 Å². The van der Waals surface area contributed by atoms with Crippen molar-refractivity contribution < 1.29 is 4.79 Å². The predicted octanol–water partition coefficient (Wildman–Crippen LogP) is 3.02. The molecule has 2 nitrogen and oxygen atoms in total. The van der Waals surface area contributed by atoms with E-state index in [1.807, 2.05) is 24.3 Å². The van der Waals surface area contributed by atoms with Crippen molar-refractivity contribution in [2.75, 3.05) is 0 Å². The van der Waals surface area contributed by atoms with Gasteiger partial charge in [0.25, 0.3) is 5.91 Å². The van der Waals surface area contributed by atoms with Gasteiger partial charge in [-0.1, -0.05) is 48.0 Å². The van der Waals surface area contributed by atoms with Gasteiger partial charge in [-0.15, -0.1) is 0 Å². The number of hydrogen-bond donors (Lipinski definition) is 1. The lowest BCUT2D eigenvalue weighted by Crippen LogP contribution is -2.20. The van der Waals surface area contributed by atoms with E-state index in [0.29, 0.717) is 0 Å². The van der Waals surface area contributed by atoms with Crippen LogP contribution in [-0.2, 0) is 6.42 Å². The molecule has 1 N–H and O–H groups in total. The van der Waals surface area contributed by atoms with Gasteiger partial charge in [0, 0.05) is 5.56 Å². The molecule has 0 radical (unpaired) electrons. The lowest BCUT2D eigenvalue weighted by molar-refractivity contribution is 0.0956. The Bertz CT molecular complexity index is 586. The monoisotopic (exact) mass is 237 g/mol. The summed E-state index contributed by atoms with van der Waals surface area (Å²) in [6.07, 6.45) is 0.850. The number of amides is 1. The number of fused-ring (bicyclic) bond motifs is 1. The summed E-state index contributed by atoms with van der Waals surface area (Å²) in [5, 5.41) is 3.04. The summed E-state index contributed by atoms with van der Waals surface area (Å²) in [7, 11) is 0. The zero-order valence-corrected chi connectivity index (χ0v) is 10.3. The van der Waals surface area contributed by atoms with Crippen molar-refractivity contribution in [1.29, 1.82) is 0 Å². The second-order valence-corrected chi connectivity index (χ2v) is 4.80. The molecule has 90 valence electrons. The molecule has 1 aliphatic rings. The largest absolute Gasteiger partial charge is 0.345 e. The van der Waals surface area contributed by atoms with Gasteiger partial charge in [-0.2, -0.15) is 0 Å². The van der Waals surface area contributed by atoms with Crippen LogP contribution in [0.2, 0.25) is 0 Å². The Kier molecular flexibility index (Phi) is 2.63. The smallest absolute Gasteiger partial charge is 0.252 e. The highest BCUT2D eigenvalue weighted by Crippen LogP contribution is 2.27. The molecule has 18 heavy (non-hydrogen) atoms. The van der Waals surface area contributed by atoms with Crippen LogP contribution in [-0.4, -0.2) is 5.91 Å². The fourth-order valence-corrected chi connectivity index (χ4v) is 2.44. The van der Waals surface area contributed by atoms with Crippen molar-refractivity contribution in [3.05, 3.63) is 70.8 Å². The third-order valence-corrected chi connectivity index (χ3v) is 3.45. The van der Waals surface area contributed by atoms with E-state index in [-0.39, 0.29) is 11.9 Å². The van der Waals surface area contributed by atoms with Crippen LogP contribution in [0.1, 0.15) is 33.1 Å². The average molecular weight is 237 g/mol. The molecule has 0 saturated heterocycles. The minimum Gasteiger partial charge on any atom is -0.345 e. The first-order valence-electron chi connectivity index (χ1n) is 6.19. The lowest BCUT2D eigenvalue weighted by atomic mass is 9.98. The standard InChI is InChI=1S/C16H15NO/c1-11-6-8-12(9-7-11)10-15-13-4-2-3-5-14(13)16(18)17-15/h2-9,15H,10H2,1H3,(H,17,18)/t15-/m1/s1. The first-order chi connectivity index (χ1) is 8.74. The number of rotatable bonds is 2. The summed E-state index contributed by atoms with van der Waals surface area (Å²) in [6.45, 7) is 2.08. The van der Waals surface area contributed by atoms with E-state index < -0.39 is 0 Å². The average Bonchev–Trinajstić information content (AvgIpc) is 2.70. The summed E-state index contributed by atoms with van der Waals surface area (Å²) in [5.74, 6) is 0.0442. The number of aryl methyl sites for hydroxylation is 1. The molecule has 0 aliphatic carbocycles. The van der Waals surface area contributed by atoms with E-state index in [1.54, 1.807) is 0 Å². The van der Waals surface area contributed by atoms with Crippen molar-refractivity contribution in [2.45, 2.75) is 19.4 Å². The number of carbonyl (C=O) groups excluding carboxylic acids is 1. The molecular formula is C16H15NO. The lowest BCUT2D eigenvalue weighted by Gasteiger charge is -2.11. The molecule has 1 aliphatic heterocycles. The quantitative estimate of drug-likeness (QED) is 0.854. The summed E-state index contributed by atoms with van der Waals surface area (Å²) in [5.41, 5.74) is 4.44. The molecule has 2 aromatic carbocycles. The van der Waals surface area contributed by atoms with Crippen LogP contribution in [0.3, 0.4) is 0 Å². The normalized spacial score (nSPS) is 17.4. The van der Waals surface area contributed by atoms with E-state index in [4.69, 9.17) is 0 Å². The first-order valence-corrected chi connectivity index (χ1v) is 6.19. The van der Waals surface area contributed by atoms with Gasteiger partial charge in [-0.05, 0) is 30.5 Å². The Morgan fingerprint density at radius 3 is 2.56 bits per heavy atom. The summed E-state index contributed by atoms with van der Waals surface area (Å²) >= 11 is 0. The Hall–Kier alpha value is -2.09. The van der Waals surface area contributed by atoms with Crippen LogP contribution in [0.5, 0.6) is 0 Å². The van der Waals surface area contributed by atoms with Crippen LogP contribution in [0.15, 0.2) is 48.5 Å². The van der Waals surface area contributed by atoms with Crippen molar-refractivity contribution in [3.63, 3.8) is 0 Å². The molecule has 1 heterocycles. The molecule has 0 spiro atoms. The molecule has 2 aromatic rings. The molecule has 0 unspecified atom stereocenters. The second kappa shape index (κ2) is 4.30. The molecule has 0 aromatic heterocycles. The van der Waals surface area contributed by atoms with Crippen LogP contribution in [0.4, 0.5) is 0 Å². The van der Waals surface area contributed by atoms with Gasteiger partial charge in [0.1, 0.15) is 0 Å². The van der Waals surface area contributed by atoms with Crippen LogP contribution < -0.4 is 5.32 Å². The van der Waals surface area contributed by atoms with Gasteiger partial charge in [-0.25, -0.2) is 0 Å². The van der Waals surface area contributed by atoms with Crippen molar-refractivity contribution in [2.24, 2.45) is 0 Å². The number of nitrogens with one attached hydrogen (secondary N) is 1. The molecular weight excluding hydrogens is 222 g/mol. The molecule has 1 atom stereocenters. The predicted molar refractivity (Wildman–Crippen MR) is 71.5 cm³/mol. The van der Waals surface area contributed by atoms with Crippen molar-refractivity contribution in [3.8, 4) is 0 Å². The highest BCUT2D eigenvalue weighted by atomic mass is 16.2. The van der Waals surface area contributed by atoms with E-state index in [2.05, 4.69) is 36.5 Å². The maximum absolute atomic E-state index is 11.8. The Morgan fingerprint density at radius 2 is 1.78 bits per heavy atom. The summed E-state index contributed by atoms with van der Waals surface area (Å²) in [4.78, 5) is 11.8. The zero-order chi connectivity index (χ0) is 12.5. The minimum absolute atomic E-state index is 0.0442. The van der Waals surface area contributed by atoms with Gasteiger partial charge in [0.2, 0.25) is 0 Å². The topological polar surface area (TPSA) is 29.1 Å². The molecule has 2 heteroatoms. The second-order valence-electron chi connectivity index (χ2n) is 4.80. The summed E-state index contributed by atoms with van der Waals surface area (Å²) in [6, 6.07) is 16.4. The van der Waals surface area contributed by atoms with Gasteiger partial charge in [0.15, 0.2) is 0 Å². The summed E-state index contributed by atoms with van der Waals surface area (Å²) < 4.78 is 0. The molecule has 3 rings (SSSR count). The van der Waals surface area contributed by atoms with Crippen molar-refractivity contribution in [1.82, 2.24) is 5.32 Å². The highest BCUT2D eigenvalue weighted by Gasteiger charge is 2.27. The van der Waals surface area contributed by atoms with Gasteiger partial charge in [-0.3, -0.25) is 4.79 Å². The number of hydrogen-bond acceptors (Lipinski definition) is 1. The van der Waals surface area contributed by atoms with E-state index in [1.165, 1.54) is 11.1 Å². The third kappa shape index (κ3) is 1.90. The third-order valence-electron chi connectivity index (χ3n) is 3.45. The van der Waals surface area contributed by atoms with Gasteiger partial charge >= 0.3 is 0 Å². The van der Waals surface area contributed by atoms with Crippen LogP contribution in [0.25, 0.3) is 0 Å². The van der Waals surface area contributed by atoms with Gasteiger partial charge < -0.3 is 5.32 Å². The molecule has 0 fully saturated rings. The molecule has 0 bridgehead atoms. The van der Waals surface area contributed by atoms with Crippen LogP contribution >= 0.6 is 0 Å². The number of carbonyl (C=O) groups is 1. The van der Waals surface area contributed by atoms with Crippen molar-refractivity contribution >= 4 is 5.91 Å². The fraction of sp³-hybridized carbons (Fsp3) is 0.188. The zero-order valence-electron chi connectivity index (χ0n) is 10.3. The SMILES string of the molecule is Cc1ccc(C[C@H]2NC(=O)c3ccccc32)cc1. The fourth-order valence-electron chi connectivity index (χ4n) is 2.44. The number of benzene rings is 2. The van der Waals surface area contributed by atoms with Gasteiger partial charge in [0.05, 0.1) is 6.04 Å².